The number of hydrogen-bond donors (Lipinski definition) is 1. The molecule has 0 rings (SSSR count). The molecule has 0 unspecified atom stereocenters. The lowest BCUT2D eigenvalue weighted by Gasteiger charge is -2.18. The Morgan fingerprint density at radius 3 is 2.42 bits per heavy atom. The second-order valence-corrected chi connectivity index (χ2v) is 2.58. The molecule has 0 aromatic rings. The normalized spacial score (nSPS) is 10.0. The smallest absolute Gasteiger partial charge is 0.178 e. The summed E-state index contributed by atoms with van der Waals surface area (Å²) in [5.41, 5.74) is 0. The van der Waals surface area contributed by atoms with Crippen molar-refractivity contribution in [2.45, 2.75) is 13.8 Å². The largest absolute Gasteiger partial charge is 0.483 e. The van der Waals surface area contributed by atoms with Crippen LogP contribution in [0.5, 0.6) is 0 Å². The number of likely N-dealkylation sites (N-methyl/N-ethyl adjacent to an activating group) is 1. The minimum atomic E-state index is 0.641. The van der Waals surface area contributed by atoms with Crippen LogP contribution in [0.1, 0.15) is 13.8 Å². The zero-order chi connectivity index (χ0) is 9.40. The molecular formula is C9H20N2O. The molecule has 3 nitrogen and oxygen atoms in total. The molecule has 0 aromatic heterocycles. The lowest BCUT2D eigenvalue weighted by atomic mass is 10.4. The molecule has 1 N–H and O–H groups in total. The van der Waals surface area contributed by atoms with Crippen molar-refractivity contribution in [2.24, 2.45) is 0 Å². The van der Waals surface area contributed by atoms with Crippen molar-refractivity contribution in [1.29, 1.82) is 0 Å². The van der Waals surface area contributed by atoms with E-state index >= 15 is 0 Å². The van der Waals surface area contributed by atoms with E-state index in [2.05, 4.69) is 30.6 Å². The van der Waals surface area contributed by atoms with E-state index in [1.165, 1.54) is 0 Å². The van der Waals surface area contributed by atoms with Crippen molar-refractivity contribution in [3.63, 3.8) is 0 Å². The maximum absolute atomic E-state index is 4.88. The van der Waals surface area contributed by atoms with E-state index in [4.69, 9.17) is 4.74 Å². The highest BCUT2D eigenvalue weighted by Crippen LogP contribution is 1.86. The fraction of sp³-hybridized carbons (Fsp3) is 0.778. The van der Waals surface area contributed by atoms with Crippen LogP contribution in [0.2, 0.25) is 0 Å². The molecule has 0 spiro atoms. The topological polar surface area (TPSA) is 24.5 Å². The van der Waals surface area contributed by atoms with Gasteiger partial charge < -0.3 is 15.0 Å². The van der Waals surface area contributed by atoms with Gasteiger partial charge >= 0.3 is 0 Å². The van der Waals surface area contributed by atoms with Crippen LogP contribution >= 0.6 is 0 Å². The molecule has 0 aliphatic rings. The minimum Gasteiger partial charge on any atom is -0.483 e. The van der Waals surface area contributed by atoms with Crippen molar-refractivity contribution in [1.82, 2.24) is 10.2 Å². The molecule has 12 heavy (non-hydrogen) atoms. The van der Waals surface area contributed by atoms with E-state index in [0.29, 0.717) is 5.88 Å². The summed E-state index contributed by atoms with van der Waals surface area (Å²) in [6.45, 7) is 12.1. The molecule has 0 saturated carbocycles. The summed E-state index contributed by atoms with van der Waals surface area (Å²) >= 11 is 0. The van der Waals surface area contributed by atoms with E-state index in [9.17, 15) is 0 Å². The summed E-state index contributed by atoms with van der Waals surface area (Å²) in [6, 6.07) is 0. The van der Waals surface area contributed by atoms with Gasteiger partial charge in [-0.05, 0) is 19.7 Å². The van der Waals surface area contributed by atoms with E-state index in [1.807, 2.05) is 0 Å². The predicted molar refractivity (Wildman–Crippen MR) is 51.9 cm³/mol. The van der Waals surface area contributed by atoms with Gasteiger partial charge in [-0.2, -0.15) is 0 Å². The first-order chi connectivity index (χ1) is 5.74. The molecular weight excluding hydrogens is 152 g/mol. The molecule has 0 heterocycles. The number of nitrogens with one attached hydrogen (secondary N) is 1. The van der Waals surface area contributed by atoms with E-state index in [1.54, 1.807) is 7.11 Å². The highest BCUT2D eigenvalue weighted by molar-refractivity contribution is 4.77. The first-order valence-corrected chi connectivity index (χ1v) is 4.43. The quantitative estimate of drug-likeness (QED) is 0.581. The summed E-state index contributed by atoms with van der Waals surface area (Å²) in [5.74, 6) is 0.641. The van der Waals surface area contributed by atoms with Gasteiger partial charge in [-0.25, -0.2) is 0 Å². The zero-order valence-electron chi connectivity index (χ0n) is 8.39. The third-order valence-electron chi connectivity index (χ3n) is 1.89. The van der Waals surface area contributed by atoms with Crippen molar-refractivity contribution >= 4 is 0 Å². The standard InChI is InChI=1S/C9H20N2O/c1-5-11(6-2)8-7-10-9(3)12-4/h10H,3,5-8H2,1-2,4H3. The molecule has 0 fully saturated rings. The fourth-order valence-electron chi connectivity index (χ4n) is 0.965. The lowest BCUT2D eigenvalue weighted by molar-refractivity contribution is 0.248. The molecule has 0 saturated heterocycles. The predicted octanol–water partition coefficient (Wildman–Crippen LogP) is 1.04. The molecule has 72 valence electrons. The molecule has 0 amide bonds. The Morgan fingerprint density at radius 2 is 2.00 bits per heavy atom. The zero-order valence-corrected chi connectivity index (χ0v) is 8.39. The van der Waals surface area contributed by atoms with Gasteiger partial charge in [0.15, 0.2) is 5.88 Å². The summed E-state index contributed by atoms with van der Waals surface area (Å²) < 4.78 is 4.88. The lowest BCUT2D eigenvalue weighted by Crippen LogP contribution is -2.31. The second kappa shape index (κ2) is 6.98. The summed E-state index contributed by atoms with van der Waals surface area (Å²) in [5, 5.41) is 3.07. The van der Waals surface area contributed by atoms with Crippen molar-refractivity contribution in [3.8, 4) is 0 Å². The van der Waals surface area contributed by atoms with E-state index < -0.39 is 0 Å². The molecule has 0 radical (unpaired) electrons. The van der Waals surface area contributed by atoms with E-state index in [0.717, 1.165) is 26.2 Å². The highest BCUT2D eigenvalue weighted by Gasteiger charge is 1.97. The third kappa shape index (κ3) is 5.02. The number of methoxy groups -OCH3 is 1. The molecule has 3 heteroatoms. The van der Waals surface area contributed by atoms with Gasteiger partial charge in [-0.1, -0.05) is 13.8 Å². The van der Waals surface area contributed by atoms with Crippen LogP contribution in [0.25, 0.3) is 0 Å². The number of ether oxygens (including phenoxy) is 1. The van der Waals surface area contributed by atoms with Crippen LogP contribution in [0.15, 0.2) is 12.5 Å². The van der Waals surface area contributed by atoms with Gasteiger partial charge in [0.05, 0.1) is 7.11 Å². The molecule has 0 atom stereocenters. The van der Waals surface area contributed by atoms with Crippen LogP contribution in [-0.2, 0) is 4.74 Å². The Labute approximate surface area is 75.4 Å². The summed E-state index contributed by atoms with van der Waals surface area (Å²) in [6.07, 6.45) is 0. The van der Waals surface area contributed by atoms with Gasteiger partial charge in [-0.15, -0.1) is 0 Å². The summed E-state index contributed by atoms with van der Waals surface area (Å²) in [4.78, 5) is 2.34. The Hall–Kier alpha value is -0.700. The Balaban J connectivity index is 3.34. The van der Waals surface area contributed by atoms with Gasteiger partial charge in [0.1, 0.15) is 0 Å². The third-order valence-corrected chi connectivity index (χ3v) is 1.89. The monoisotopic (exact) mass is 172 g/mol. The van der Waals surface area contributed by atoms with Crippen LogP contribution in [0.3, 0.4) is 0 Å². The maximum atomic E-state index is 4.88. The Bertz CT molecular complexity index is 122. The van der Waals surface area contributed by atoms with Crippen LogP contribution in [0, 0.1) is 0 Å². The van der Waals surface area contributed by atoms with Gasteiger partial charge in [0.2, 0.25) is 0 Å². The number of nitrogens with zero attached hydrogens (tertiary/aromatic N) is 1. The van der Waals surface area contributed by atoms with Gasteiger partial charge in [-0.3, -0.25) is 0 Å². The van der Waals surface area contributed by atoms with Crippen molar-refractivity contribution in [2.75, 3.05) is 33.3 Å². The molecule has 0 aliphatic heterocycles. The Kier molecular flexibility index (Phi) is 6.57. The van der Waals surface area contributed by atoms with Crippen LogP contribution in [0.4, 0.5) is 0 Å². The van der Waals surface area contributed by atoms with Crippen LogP contribution in [-0.4, -0.2) is 38.2 Å². The van der Waals surface area contributed by atoms with Crippen molar-refractivity contribution < 1.29 is 4.74 Å². The average Bonchev–Trinajstić information content (AvgIpc) is 2.12. The maximum Gasteiger partial charge on any atom is 0.178 e. The average molecular weight is 172 g/mol. The second-order valence-electron chi connectivity index (χ2n) is 2.58. The molecule has 0 bridgehead atoms. The van der Waals surface area contributed by atoms with Gasteiger partial charge in [0, 0.05) is 13.1 Å². The minimum absolute atomic E-state index is 0.641. The summed E-state index contributed by atoms with van der Waals surface area (Å²) in [7, 11) is 1.62. The van der Waals surface area contributed by atoms with Crippen LogP contribution < -0.4 is 5.32 Å². The van der Waals surface area contributed by atoms with Crippen molar-refractivity contribution in [3.05, 3.63) is 12.5 Å². The molecule has 0 aliphatic carbocycles. The number of hydrogen-bond acceptors (Lipinski definition) is 3. The van der Waals surface area contributed by atoms with E-state index in [-0.39, 0.29) is 0 Å². The highest BCUT2D eigenvalue weighted by atomic mass is 16.5. The first kappa shape index (κ1) is 11.3. The fourth-order valence-corrected chi connectivity index (χ4v) is 0.965. The molecule has 0 aromatic carbocycles. The number of rotatable bonds is 7. The Morgan fingerprint density at radius 1 is 1.42 bits per heavy atom. The first-order valence-electron chi connectivity index (χ1n) is 4.43. The SMILES string of the molecule is C=C(NCCN(CC)CC)OC. The van der Waals surface area contributed by atoms with Gasteiger partial charge in [0.25, 0.3) is 0 Å².